The van der Waals surface area contributed by atoms with Crippen molar-refractivity contribution in [2.24, 2.45) is 0 Å². The fraction of sp³-hybridized carbons (Fsp3) is 0.273. The Labute approximate surface area is 219 Å². The fourth-order valence-corrected chi connectivity index (χ4v) is 5.46. The second-order valence-corrected chi connectivity index (χ2v) is 10.5. The average molecular weight is 497 g/mol. The second-order valence-electron chi connectivity index (χ2n) is 10.5. The normalized spacial score (nSPS) is 11.2. The van der Waals surface area contributed by atoms with Crippen LogP contribution in [0, 0.1) is 41.5 Å². The maximum absolute atomic E-state index is 10.8. The van der Waals surface area contributed by atoms with Gasteiger partial charge in [0.25, 0.3) is 0 Å². The Kier molecular flexibility index (Phi) is 7.22. The van der Waals surface area contributed by atoms with Gasteiger partial charge in [0, 0.05) is 12.8 Å². The molecule has 4 rings (SSSR count). The van der Waals surface area contributed by atoms with Gasteiger partial charge < -0.3 is 20.4 Å². The molecule has 0 radical (unpaired) electrons. The largest absolute Gasteiger partial charge is 0.508 e. The number of aryl methyl sites for hydroxylation is 6. The van der Waals surface area contributed by atoms with Crippen molar-refractivity contribution in [3.8, 4) is 23.0 Å². The third-order valence-corrected chi connectivity index (χ3v) is 7.38. The van der Waals surface area contributed by atoms with Crippen LogP contribution in [-0.4, -0.2) is 20.4 Å². The summed E-state index contributed by atoms with van der Waals surface area (Å²) >= 11 is 0. The molecule has 0 saturated carbocycles. The van der Waals surface area contributed by atoms with Crippen LogP contribution in [-0.2, 0) is 19.3 Å². The minimum atomic E-state index is 0.254. The van der Waals surface area contributed by atoms with Crippen molar-refractivity contribution >= 4 is 0 Å². The summed E-state index contributed by atoms with van der Waals surface area (Å²) < 4.78 is 0. The Balaban J connectivity index is 1.68. The average Bonchev–Trinajstić information content (AvgIpc) is 2.79. The Bertz CT molecular complexity index is 1340. The first-order valence-corrected chi connectivity index (χ1v) is 12.6. The molecule has 0 spiro atoms. The van der Waals surface area contributed by atoms with E-state index in [9.17, 15) is 20.4 Å². The van der Waals surface area contributed by atoms with Crippen molar-refractivity contribution in [2.45, 2.75) is 60.8 Å². The molecule has 37 heavy (non-hydrogen) atoms. The first kappa shape index (κ1) is 26.2. The summed E-state index contributed by atoms with van der Waals surface area (Å²) in [6.07, 6.45) is 1.83. The number of aromatic hydroxyl groups is 4. The van der Waals surface area contributed by atoms with Crippen LogP contribution in [0.25, 0.3) is 0 Å². The molecule has 4 aromatic rings. The monoisotopic (exact) mass is 496 g/mol. The fourth-order valence-electron chi connectivity index (χ4n) is 5.46. The lowest BCUT2D eigenvalue weighted by molar-refractivity contribution is 0.464. The van der Waals surface area contributed by atoms with Crippen molar-refractivity contribution in [1.29, 1.82) is 0 Å². The highest BCUT2D eigenvalue weighted by Gasteiger charge is 2.15. The van der Waals surface area contributed by atoms with Gasteiger partial charge in [-0.25, -0.2) is 0 Å². The third kappa shape index (κ3) is 5.59. The lowest BCUT2D eigenvalue weighted by atomic mass is 9.90. The van der Waals surface area contributed by atoms with E-state index in [1.54, 1.807) is 24.3 Å². The molecule has 0 atom stereocenters. The van der Waals surface area contributed by atoms with Gasteiger partial charge in [0.15, 0.2) is 0 Å². The molecule has 0 amide bonds. The van der Waals surface area contributed by atoms with Gasteiger partial charge in [-0.1, -0.05) is 24.3 Å². The number of phenols is 4. The minimum Gasteiger partial charge on any atom is -0.508 e. The van der Waals surface area contributed by atoms with Crippen molar-refractivity contribution in [1.82, 2.24) is 0 Å². The summed E-state index contributed by atoms with van der Waals surface area (Å²) in [6, 6.07) is 15.2. The molecule has 0 bridgehead atoms. The van der Waals surface area contributed by atoms with Crippen molar-refractivity contribution in [3.05, 3.63) is 115 Å². The second kappa shape index (κ2) is 10.2. The molecule has 4 N–H and O–H groups in total. The van der Waals surface area contributed by atoms with E-state index >= 15 is 0 Å². The van der Waals surface area contributed by atoms with Crippen molar-refractivity contribution in [3.63, 3.8) is 0 Å². The van der Waals surface area contributed by atoms with E-state index in [0.29, 0.717) is 30.8 Å². The Hall–Kier alpha value is -3.92. The molecule has 0 aliphatic rings. The quantitative estimate of drug-likeness (QED) is 0.229. The SMILES string of the molecule is Cc1cc(Cc2cc(C)c(O)c(Cc3c(C)cc(O)cc3C)c2)cc(Cc2c(C)cc(O)cc2C)c1O. The minimum absolute atomic E-state index is 0.254. The van der Waals surface area contributed by atoms with E-state index in [1.807, 2.05) is 53.7 Å². The summed E-state index contributed by atoms with van der Waals surface area (Å²) in [7, 11) is 0. The highest BCUT2D eigenvalue weighted by atomic mass is 16.3. The molecule has 0 aliphatic heterocycles. The summed E-state index contributed by atoms with van der Waals surface area (Å²) in [5.74, 6) is 1.11. The molecule has 4 heteroatoms. The van der Waals surface area contributed by atoms with Crippen molar-refractivity contribution in [2.75, 3.05) is 0 Å². The van der Waals surface area contributed by atoms with Gasteiger partial charge >= 0.3 is 0 Å². The summed E-state index contributed by atoms with van der Waals surface area (Å²) in [4.78, 5) is 0. The molecule has 0 unspecified atom stereocenters. The topological polar surface area (TPSA) is 80.9 Å². The first-order chi connectivity index (χ1) is 17.4. The molecule has 4 aromatic carbocycles. The molecule has 0 aliphatic carbocycles. The van der Waals surface area contributed by atoms with Gasteiger partial charge in [0.1, 0.15) is 23.0 Å². The summed E-state index contributed by atoms with van der Waals surface area (Å²) in [6.45, 7) is 11.8. The summed E-state index contributed by atoms with van der Waals surface area (Å²) in [5.41, 5.74) is 11.8. The molecule has 0 saturated heterocycles. The zero-order valence-corrected chi connectivity index (χ0v) is 22.5. The summed E-state index contributed by atoms with van der Waals surface area (Å²) in [5, 5.41) is 41.5. The maximum Gasteiger partial charge on any atom is 0.122 e. The van der Waals surface area contributed by atoms with Crippen molar-refractivity contribution < 1.29 is 20.4 Å². The Morgan fingerprint density at radius 1 is 0.405 bits per heavy atom. The van der Waals surface area contributed by atoms with Gasteiger partial charge in [-0.3, -0.25) is 0 Å². The van der Waals surface area contributed by atoms with Crippen LogP contribution in [0.3, 0.4) is 0 Å². The zero-order chi connectivity index (χ0) is 27.0. The van der Waals surface area contributed by atoms with Gasteiger partial charge in [0.2, 0.25) is 0 Å². The van der Waals surface area contributed by atoms with Crippen LogP contribution in [0.2, 0.25) is 0 Å². The smallest absolute Gasteiger partial charge is 0.122 e. The lowest BCUT2D eigenvalue weighted by Crippen LogP contribution is -2.01. The molecule has 0 aromatic heterocycles. The van der Waals surface area contributed by atoms with Crippen LogP contribution < -0.4 is 0 Å². The van der Waals surface area contributed by atoms with Crippen LogP contribution in [0.1, 0.15) is 66.8 Å². The predicted octanol–water partition coefficient (Wildman–Crippen LogP) is 7.13. The van der Waals surface area contributed by atoms with E-state index in [4.69, 9.17) is 0 Å². The Morgan fingerprint density at radius 3 is 1.05 bits per heavy atom. The lowest BCUT2D eigenvalue weighted by Gasteiger charge is -2.16. The van der Waals surface area contributed by atoms with E-state index in [-0.39, 0.29) is 11.5 Å². The molecule has 4 nitrogen and oxygen atoms in total. The third-order valence-electron chi connectivity index (χ3n) is 7.38. The van der Waals surface area contributed by atoms with Crippen LogP contribution in [0.15, 0.2) is 48.5 Å². The molecule has 0 fully saturated rings. The Morgan fingerprint density at radius 2 is 0.730 bits per heavy atom. The van der Waals surface area contributed by atoms with Gasteiger partial charge in [0.05, 0.1) is 0 Å². The number of hydrogen-bond acceptors (Lipinski definition) is 4. The molecule has 192 valence electrons. The van der Waals surface area contributed by atoms with E-state index < -0.39 is 0 Å². The molecular formula is C33H36O4. The first-order valence-electron chi connectivity index (χ1n) is 12.6. The van der Waals surface area contributed by atoms with E-state index in [2.05, 4.69) is 12.1 Å². The highest BCUT2D eigenvalue weighted by molar-refractivity contribution is 5.52. The number of phenolic OH excluding ortho intramolecular Hbond substituents is 4. The highest BCUT2D eigenvalue weighted by Crippen LogP contribution is 2.33. The van der Waals surface area contributed by atoms with E-state index in [1.165, 1.54) is 0 Å². The zero-order valence-electron chi connectivity index (χ0n) is 22.5. The van der Waals surface area contributed by atoms with Crippen LogP contribution in [0.4, 0.5) is 0 Å². The number of benzene rings is 4. The maximum atomic E-state index is 10.8. The molecular weight excluding hydrogens is 460 g/mol. The van der Waals surface area contributed by atoms with Crippen LogP contribution in [0.5, 0.6) is 23.0 Å². The van der Waals surface area contributed by atoms with E-state index in [0.717, 1.165) is 66.8 Å². The van der Waals surface area contributed by atoms with Gasteiger partial charge in [-0.05, 0) is 139 Å². The number of rotatable bonds is 6. The molecule has 0 heterocycles. The van der Waals surface area contributed by atoms with Gasteiger partial charge in [-0.2, -0.15) is 0 Å². The van der Waals surface area contributed by atoms with Gasteiger partial charge in [-0.15, -0.1) is 0 Å². The number of hydrogen-bond donors (Lipinski definition) is 4. The standard InChI is InChI=1S/C33H36O4/c1-18-9-28(34)10-19(2)30(18)16-26-14-24(7-22(5)32(26)36)13-25-8-23(6)33(37)27(15-25)17-31-20(3)11-29(35)12-21(31)4/h7-12,14-15,34-37H,13,16-17H2,1-6H3. The predicted molar refractivity (Wildman–Crippen MR) is 149 cm³/mol. The van der Waals surface area contributed by atoms with Crippen LogP contribution >= 0.6 is 0 Å².